The quantitative estimate of drug-likeness (QED) is 0.267. The third kappa shape index (κ3) is 4.02. The van der Waals surface area contributed by atoms with Crippen molar-refractivity contribution in [3.63, 3.8) is 0 Å². The summed E-state index contributed by atoms with van der Waals surface area (Å²) in [6, 6.07) is 0. The van der Waals surface area contributed by atoms with Crippen LogP contribution in [0.4, 0.5) is 0 Å². The predicted molar refractivity (Wildman–Crippen MR) is 35.2 cm³/mol. The Morgan fingerprint density at radius 1 is 1.56 bits per heavy atom. The van der Waals surface area contributed by atoms with Gasteiger partial charge in [0.15, 0.2) is 0 Å². The second-order valence-corrected chi connectivity index (χ2v) is 2.29. The van der Waals surface area contributed by atoms with Gasteiger partial charge in [-0.25, -0.2) is 4.79 Å². The van der Waals surface area contributed by atoms with Gasteiger partial charge in [-0.15, -0.1) is 12.6 Å². The molecule has 3 nitrogen and oxygen atoms in total. The van der Waals surface area contributed by atoms with Gasteiger partial charge >= 0.3 is 5.97 Å². The molecule has 0 N–H and O–H groups in total. The Morgan fingerprint density at radius 2 is 2.00 bits per heavy atom. The van der Waals surface area contributed by atoms with E-state index in [0.29, 0.717) is 0 Å². The molecule has 0 aromatic heterocycles. The summed E-state index contributed by atoms with van der Waals surface area (Å²) in [7, 11) is 0. The maximum absolute atomic E-state index is 10.3. The van der Waals surface area contributed by atoms with Gasteiger partial charge in [-0.2, -0.15) is 0 Å². The van der Waals surface area contributed by atoms with E-state index in [1.807, 2.05) is 0 Å². The normalized spacial score (nSPS) is 12.3. The van der Waals surface area contributed by atoms with Crippen molar-refractivity contribution >= 4 is 24.4 Å². The van der Waals surface area contributed by atoms with Crippen LogP contribution in [0.3, 0.4) is 0 Å². The minimum absolute atomic E-state index is 0.513. The van der Waals surface area contributed by atoms with Crippen LogP contribution < -0.4 is 0 Å². The van der Waals surface area contributed by atoms with E-state index >= 15 is 0 Å². The first-order valence-corrected chi connectivity index (χ1v) is 2.95. The van der Waals surface area contributed by atoms with Crippen molar-refractivity contribution in [3.05, 3.63) is 0 Å². The molecule has 1 unspecified atom stereocenters. The molecule has 0 aliphatic carbocycles. The average Bonchev–Trinajstić information content (AvgIpc) is 1.63. The van der Waals surface area contributed by atoms with Gasteiger partial charge in [-0.3, -0.25) is 4.79 Å². The number of hydrogen-bond acceptors (Lipinski definition) is 4. The Hall–Kier alpha value is -0.510. The number of carbonyl (C=O) groups excluding carboxylic acids is 2. The van der Waals surface area contributed by atoms with Crippen LogP contribution in [-0.2, 0) is 14.3 Å². The molecule has 0 amide bonds. The van der Waals surface area contributed by atoms with Crippen LogP contribution in [0.1, 0.15) is 13.8 Å². The maximum Gasteiger partial charge on any atom is 0.375 e. The van der Waals surface area contributed by atoms with Crippen molar-refractivity contribution < 1.29 is 14.3 Å². The molecule has 0 rings (SSSR count). The highest BCUT2D eigenvalue weighted by Crippen LogP contribution is 1.94. The number of ether oxygens (including phenoxy) is 1. The Kier molecular flexibility index (Phi) is 3.30. The smallest absolute Gasteiger partial charge is 0.375 e. The highest BCUT2D eigenvalue weighted by Gasteiger charge is 2.09. The summed E-state index contributed by atoms with van der Waals surface area (Å²) in [5, 5.41) is 0. The lowest BCUT2D eigenvalue weighted by Crippen LogP contribution is -2.16. The third-order valence-corrected chi connectivity index (χ3v) is 0.670. The highest BCUT2D eigenvalue weighted by atomic mass is 32.1. The Morgan fingerprint density at radius 3 is 2.11 bits per heavy atom. The predicted octanol–water partition coefficient (Wildman–Crippen LogP) is 0.394. The molecule has 0 saturated carbocycles. The van der Waals surface area contributed by atoms with E-state index in [4.69, 9.17) is 0 Å². The molecule has 0 fully saturated rings. The molecule has 9 heavy (non-hydrogen) atoms. The summed E-state index contributed by atoms with van der Waals surface area (Å²) in [6.45, 7) is 2.71. The zero-order valence-electron chi connectivity index (χ0n) is 5.25. The van der Waals surface area contributed by atoms with Gasteiger partial charge in [0.25, 0.3) is 0 Å². The van der Waals surface area contributed by atoms with Crippen LogP contribution in [0.25, 0.3) is 0 Å². The topological polar surface area (TPSA) is 43.4 Å². The molecule has 4 heteroatoms. The summed E-state index contributed by atoms with van der Waals surface area (Å²) >= 11 is 3.74. The van der Waals surface area contributed by atoms with E-state index < -0.39 is 17.2 Å². The van der Waals surface area contributed by atoms with Gasteiger partial charge in [-0.05, 0) is 6.92 Å². The number of esters is 1. The van der Waals surface area contributed by atoms with Crippen LogP contribution in [0.2, 0.25) is 0 Å². The minimum Gasteiger partial charge on any atom is -0.446 e. The molecule has 0 aromatic rings. The fraction of sp³-hybridized carbons (Fsp3) is 0.600. The molecule has 0 aliphatic heterocycles. The Bertz CT molecular complexity index is 130. The summed E-state index contributed by atoms with van der Waals surface area (Å²) in [6.07, 6.45) is 0. The second-order valence-electron chi connectivity index (χ2n) is 1.56. The SMILES string of the molecule is CC(=O)C(=O)OC(C)S. The largest absolute Gasteiger partial charge is 0.446 e. The molecular formula is C5H8O3S. The van der Waals surface area contributed by atoms with Crippen molar-refractivity contribution in [2.75, 3.05) is 0 Å². The minimum atomic E-state index is -0.836. The Balaban J connectivity index is 3.65. The molecule has 0 radical (unpaired) electrons. The molecule has 0 spiro atoms. The monoisotopic (exact) mass is 148 g/mol. The fourth-order valence-corrected chi connectivity index (χ4v) is 0.334. The van der Waals surface area contributed by atoms with E-state index in [2.05, 4.69) is 17.4 Å². The van der Waals surface area contributed by atoms with E-state index in [9.17, 15) is 9.59 Å². The van der Waals surface area contributed by atoms with Gasteiger partial charge in [-0.1, -0.05) is 0 Å². The van der Waals surface area contributed by atoms with E-state index in [1.165, 1.54) is 0 Å². The van der Waals surface area contributed by atoms with Gasteiger partial charge < -0.3 is 4.74 Å². The Labute approximate surface area is 58.8 Å². The first-order valence-electron chi connectivity index (χ1n) is 2.43. The zero-order valence-corrected chi connectivity index (χ0v) is 6.14. The number of carbonyl (C=O) groups is 2. The summed E-state index contributed by atoms with van der Waals surface area (Å²) in [5.74, 6) is -1.44. The number of rotatable bonds is 2. The van der Waals surface area contributed by atoms with Crippen LogP contribution in [0.15, 0.2) is 0 Å². The van der Waals surface area contributed by atoms with Crippen LogP contribution >= 0.6 is 12.6 Å². The van der Waals surface area contributed by atoms with Gasteiger partial charge in [0.05, 0.1) is 0 Å². The van der Waals surface area contributed by atoms with Crippen molar-refractivity contribution in [1.82, 2.24) is 0 Å². The highest BCUT2D eigenvalue weighted by molar-refractivity contribution is 7.80. The molecular weight excluding hydrogens is 140 g/mol. The van der Waals surface area contributed by atoms with Crippen molar-refractivity contribution in [1.29, 1.82) is 0 Å². The number of Topliss-reactive ketones (excluding diaryl/α,β-unsaturated/α-hetero) is 1. The molecule has 0 saturated heterocycles. The van der Waals surface area contributed by atoms with Crippen LogP contribution in [0, 0.1) is 0 Å². The van der Waals surface area contributed by atoms with Crippen molar-refractivity contribution in [2.24, 2.45) is 0 Å². The first-order chi connectivity index (χ1) is 4.04. The summed E-state index contributed by atoms with van der Waals surface area (Å²) in [5.41, 5.74) is -0.513. The fourth-order valence-electron chi connectivity index (χ4n) is 0.238. The average molecular weight is 148 g/mol. The molecule has 0 bridgehead atoms. The standard InChI is InChI=1S/C5H8O3S/c1-3(6)5(7)8-4(2)9/h4,9H,1-2H3. The molecule has 1 atom stereocenters. The lowest BCUT2D eigenvalue weighted by molar-refractivity contribution is -0.153. The van der Waals surface area contributed by atoms with Crippen LogP contribution in [0.5, 0.6) is 0 Å². The zero-order chi connectivity index (χ0) is 7.44. The third-order valence-electron chi connectivity index (χ3n) is 0.565. The van der Waals surface area contributed by atoms with Crippen molar-refractivity contribution in [3.8, 4) is 0 Å². The lowest BCUT2D eigenvalue weighted by Gasteiger charge is -2.02. The lowest BCUT2D eigenvalue weighted by atomic mass is 10.5. The van der Waals surface area contributed by atoms with E-state index in [0.717, 1.165) is 6.92 Å². The number of ketones is 1. The molecule has 0 aromatic carbocycles. The second kappa shape index (κ2) is 3.50. The van der Waals surface area contributed by atoms with Gasteiger partial charge in [0.1, 0.15) is 5.44 Å². The van der Waals surface area contributed by atoms with E-state index in [1.54, 1.807) is 6.92 Å². The first kappa shape index (κ1) is 8.49. The molecule has 0 heterocycles. The number of hydrogen-bond donors (Lipinski definition) is 1. The van der Waals surface area contributed by atoms with Crippen molar-refractivity contribution in [2.45, 2.75) is 19.3 Å². The number of thiol groups is 1. The summed E-state index contributed by atoms with van der Waals surface area (Å²) < 4.78 is 4.39. The van der Waals surface area contributed by atoms with Gasteiger partial charge in [0, 0.05) is 6.92 Å². The van der Waals surface area contributed by atoms with Crippen LogP contribution in [-0.4, -0.2) is 17.2 Å². The summed E-state index contributed by atoms with van der Waals surface area (Å²) in [4.78, 5) is 20.5. The molecule has 52 valence electrons. The maximum atomic E-state index is 10.3. The van der Waals surface area contributed by atoms with Gasteiger partial charge in [0.2, 0.25) is 5.78 Å². The molecule has 0 aliphatic rings. The van der Waals surface area contributed by atoms with E-state index in [-0.39, 0.29) is 0 Å².